The van der Waals surface area contributed by atoms with Crippen molar-refractivity contribution in [3.05, 3.63) is 34.3 Å². The summed E-state index contributed by atoms with van der Waals surface area (Å²) < 4.78 is 0. The van der Waals surface area contributed by atoms with Crippen LogP contribution in [0.25, 0.3) is 0 Å². The van der Waals surface area contributed by atoms with Gasteiger partial charge in [0.1, 0.15) is 0 Å². The van der Waals surface area contributed by atoms with Gasteiger partial charge in [-0.05, 0) is 36.1 Å². The van der Waals surface area contributed by atoms with E-state index in [0.717, 1.165) is 17.9 Å². The average Bonchev–Trinajstić information content (AvgIpc) is 2.32. The summed E-state index contributed by atoms with van der Waals surface area (Å²) in [5.74, 6) is 0. The molecule has 12 heavy (non-hydrogen) atoms. The Kier molecular flexibility index (Phi) is 2.99. The molecule has 0 spiro atoms. The van der Waals surface area contributed by atoms with Crippen LogP contribution < -0.4 is 5.73 Å². The number of hydrogen-bond donors (Lipinski definition) is 1. The molecule has 1 aromatic carbocycles. The third-order valence-electron chi connectivity index (χ3n) is 2.23. The van der Waals surface area contributed by atoms with Crippen LogP contribution in [0, 0.1) is 0 Å². The minimum Gasteiger partial charge on any atom is -0.324 e. The smallest absolute Gasteiger partial charge is 0.0408 e. The molecule has 1 atom stereocenters. The predicted octanol–water partition coefficient (Wildman–Crippen LogP) is 2.71. The molecular formula is C9H11Cl2N. The topological polar surface area (TPSA) is 26.0 Å². The van der Waals surface area contributed by atoms with E-state index in [4.69, 9.17) is 17.3 Å². The van der Waals surface area contributed by atoms with Gasteiger partial charge in [-0.3, -0.25) is 0 Å². The van der Waals surface area contributed by atoms with E-state index < -0.39 is 0 Å². The van der Waals surface area contributed by atoms with Crippen LogP contribution in [0.15, 0.2) is 18.2 Å². The molecule has 3 heteroatoms. The van der Waals surface area contributed by atoms with Gasteiger partial charge in [0.25, 0.3) is 0 Å². The molecule has 1 aromatic rings. The summed E-state index contributed by atoms with van der Waals surface area (Å²) in [6, 6.07) is 6.20. The molecule has 0 saturated heterocycles. The number of halogens is 2. The van der Waals surface area contributed by atoms with E-state index in [1.807, 2.05) is 18.2 Å². The Morgan fingerprint density at radius 2 is 2.17 bits per heavy atom. The third kappa shape index (κ3) is 1.58. The zero-order valence-electron chi connectivity index (χ0n) is 6.59. The Morgan fingerprint density at radius 1 is 1.42 bits per heavy atom. The van der Waals surface area contributed by atoms with E-state index >= 15 is 0 Å². The molecule has 0 fully saturated rings. The molecule has 1 aliphatic carbocycles. The lowest BCUT2D eigenvalue weighted by molar-refractivity contribution is 0.713. The van der Waals surface area contributed by atoms with Crippen molar-refractivity contribution in [2.24, 2.45) is 5.73 Å². The van der Waals surface area contributed by atoms with Crippen molar-refractivity contribution in [3.8, 4) is 0 Å². The predicted molar refractivity (Wildman–Crippen MR) is 53.9 cm³/mol. The maximum absolute atomic E-state index is 5.85. The second-order valence-corrected chi connectivity index (χ2v) is 3.42. The molecule has 0 amide bonds. The minimum atomic E-state index is 0. The van der Waals surface area contributed by atoms with Crippen LogP contribution in [-0.2, 0) is 6.42 Å². The van der Waals surface area contributed by atoms with E-state index in [2.05, 4.69) is 0 Å². The summed E-state index contributed by atoms with van der Waals surface area (Å²) in [7, 11) is 0. The second kappa shape index (κ2) is 3.65. The molecule has 0 saturated carbocycles. The molecule has 1 nitrogen and oxygen atoms in total. The zero-order valence-corrected chi connectivity index (χ0v) is 8.16. The van der Waals surface area contributed by atoms with Gasteiger partial charge in [0.05, 0.1) is 0 Å². The molecule has 0 bridgehead atoms. The van der Waals surface area contributed by atoms with Gasteiger partial charge in [-0.2, -0.15) is 0 Å². The highest BCUT2D eigenvalue weighted by molar-refractivity contribution is 6.30. The van der Waals surface area contributed by atoms with Gasteiger partial charge < -0.3 is 5.73 Å². The molecule has 0 aromatic heterocycles. The molecule has 0 aliphatic heterocycles. The van der Waals surface area contributed by atoms with Gasteiger partial charge in [-0.25, -0.2) is 0 Å². The van der Waals surface area contributed by atoms with Crippen molar-refractivity contribution in [3.63, 3.8) is 0 Å². The summed E-state index contributed by atoms with van der Waals surface area (Å²) in [5, 5.41) is 0.817. The Morgan fingerprint density at radius 3 is 2.92 bits per heavy atom. The van der Waals surface area contributed by atoms with Crippen molar-refractivity contribution >= 4 is 24.0 Å². The molecule has 2 rings (SSSR count). The first kappa shape index (κ1) is 9.85. The van der Waals surface area contributed by atoms with Gasteiger partial charge in [-0.15, -0.1) is 12.4 Å². The highest BCUT2D eigenvalue weighted by Crippen LogP contribution is 2.30. The van der Waals surface area contributed by atoms with E-state index in [-0.39, 0.29) is 18.4 Å². The highest BCUT2D eigenvalue weighted by Gasteiger charge is 2.18. The first-order valence-electron chi connectivity index (χ1n) is 3.81. The fraction of sp³-hybridized carbons (Fsp3) is 0.333. The number of aryl methyl sites for hydroxylation is 1. The van der Waals surface area contributed by atoms with Crippen molar-refractivity contribution in [1.82, 2.24) is 0 Å². The summed E-state index contributed by atoms with van der Waals surface area (Å²) in [6.07, 6.45) is 2.15. The maximum Gasteiger partial charge on any atom is 0.0408 e. The quantitative estimate of drug-likeness (QED) is 0.690. The maximum atomic E-state index is 5.85. The normalized spacial score (nSPS) is 20.0. The molecule has 0 unspecified atom stereocenters. The summed E-state index contributed by atoms with van der Waals surface area (Å²) in [4.78, 5) is 0. The Bertz CT molecular complexity index is 286. The fourth-order valence-electron chi connectivity index (χ4n) is 1.62. The lowest BCUT2D eigenvalue weighted by atomic mass is 10.1. The molecule has 0 heterocycles. The first-order valence-corrected chi connectivity index (χ1v) is 4.19. The SMILES string of the molecule is Cl.N[C@H]1CCc2cc(Cl)ccc21. The summed E-state index contributed by atoms with van der Waals surface area (Å²) in [5.41, 5.74) is 8.45. The van der Waals surface area contributed by atoms with E-state index in [1.165, 1.54) is 11.1 Å². The van der Waals surface area contributed by atoms with Crippen LogP contribution >= 0.6 is 24.0 Å². The summed E-state index contributed by atoms with van der Waals surface area (Å²) in [6.45, 7) is 0. The molecule has 1 aliphatic rings. The van der Waals surface area contributed by atoms with Crippen molar-refractivity contribution in [2.45, 2.75) is 18.9 Å². The van der Waals surface area contributed by atoms with Crippen LogP contribution in [0.4, 0.5) is 0 Å². The molecule has 0 radical (unpaired) electrons. The number of hydrogen-bond acceptors (Lipinski definition) is 1. The number of nitrogens with two attached hydrogens (primary N) is 1. The van der Waals surface area contributed by atoms with E-state index in [1.54, 1.807) is 0 Å². The minimum absolute atomic E-state index is 0. The van der Waals surface area contributed by atoms with Gasteiger partial charge in [-0.1, -0.05) is 17.7 Å². The fourth-order valence-corrected chi connectivity index (χ4v) is 1.81. The lowest BCUT2D eigenvalue weighted by Crippen LogP contribution is -2.04. The van der Waals surface area contributed by atoms with Gasteiger partial charge in [0.15, 0.2) is 0 Å². The highest BCUT2D eigenvalue weighted by atomic mass is 35.5. The number of fused-ring (bicyclic) bond motifs is 1. The first-order chi connectivity index (χ1) is 5.27. The largest absolute Gasteiger partial charge is 0.324 e. The van der Waals surface area contributed by atoms with Gasteiger partial charge >= 0.3 is 0 Å². The Balaban J connectivity index is 0.000000720. The molecular weight excluding hydrogens is 193 g/mol. The Hall–Kier alpha value is -0.240. The number of rotatable bonds is 0. The van der Waals surface area contributed by atoms with Crippen LogP contribution in [0.3, 0.4) is 0 Å². The molecule has 66 valence electrons. The van der Waals surface area contributed by atoms with Crippen molar-refractivity contribution in [2.75, 3.05) is 0 Å². The zero-order chi connectivity index (χ0) is 7.84. The monoisotopic (exact) mass is 203 g/mol. The van der Waals surface area contributed by atoms with E-state index in [9.17, 15) is 0 Å². The summed E-state index contributed by atoms with van der Waals surface area (Å²) >= 11 is 5.83. The van der Waals surface area contributed by atoms with Gasteiger partial charge in [0.2, 0.25) is 0 Å². The van der Waals surface area contributed by atoms with Crippen LogP contribution in [0.5, 0.6) is 0 Å². The number of benzene rings is 1. The lowest BCUT2D eigenvalue weighted by Gasteiger charge is -2.03. The molecule has 2 N–H and O–H groups in total. The Labute approximate surface area is 83.3 Å². The third-order valence-corrected chi connectivity index (χ3v) is 2.46. The van der Waals surface area contributed by atoms with Crippen molar-refractivity contribution in [1.29, 1.82) is 0 Å². The van der Waals surface area contributed by atoms with Crippen LogP contribution in [0.1, 0.15) is 23.6 Å². The average molecular weight is 204 g/mol. The van der Waals surface area contributed by atoms with Gasteiger partial charge in [0, 0.05) is 11.1 Å². The van der Waals surface area contributed by atoms with E-state index in [0.29, 0.717) is 0 Å². The van der Waals surface area contributed by atoms with Crippen LogP contribution in [0.2, 0.25) is 5.02 Å². The van der Waals surface area contributed by atoms with Crippen molar-refractivity contribution < 1.29 is 0 Å². The standard InChI is InChI=1S/C9H10ClN.ClH/c10-7-2-3-8-6(5-7)1-4-9(8)11;/h2-3,5,9H,1,4,11H2;1H/t9-;/m0./s1. The van der Waals surface area contributed by atoms with Crippen LogP contribution in [-0.4, -0.2) is 0 Å². The second-order valence-electron chi connectivity index (χ2n) is 2.99.